The number of hydrogen-bond donors (Lipinski definition) is 1. The fourth-order valence-corrected chi connectivity index (χ4v) is 3.10. The minimum absolute atomic E-state index is 0.0809. The second kappa shape index (κ2) is 8.53. The summed E-state index contributed by atoms with van der Waals surface area (Å²) in [5.74, 6) is 1.36. The lowest BCUT2D eigenvalue weighted by Crippen LogP contribution is -1.94. The van der Waals surface area contributed by atoms with Crippen molar-refractivity contribution < 1.29 is 5.11 Å². The van der Waals surface area contributed by atoms with Crippen LogP contribution < -0.4 is 0 Å². The lowest BCUT2D eigenvalue weighted by Gasteiger charge is -2.12. The zero-order valence-electron chi connectivity index (χ0n) is 12.3. The van der Waals surface area contributed by atoms with Crippen LogP contribution in [-0.4, -0.2) is 17.1 Å². The summed E-state index contributed by atoms with van der Waals surface area (Å²) in [6.45, 7) is 2.20. The highest BCUT2D eigenvalue weighted by atomic mass is 32.2. The predicted molar refractivity (Wildman–Crippen MR) is 92.2 cm³/mol. The number of para-hydroxylation sites is 1. The number of phenols is 1. The van der Waals surface area contributed by atoms with E-state index in [2.05, 4.69) is 24.0 Å². The summed E-state index contributed by atoms with van der Waals surface area (Å²) in [6, 6.07) is 17.6. The van der Waals surface area contributed by atoms with Crippen LogP contribution in [-0.2, 0) is 0 Å². The van der Waals surface area contributed by atoms with Gasteiger partial charge in [0.25, 0.3) is 0 Å². The number of phenolic OH excluding ortho intramolecular Hbond substituents is 1. The fourth-order valence-electron chi connectivity index (χ4n) is 1.93. The van der Waals surface area contributed by atoms with Crippen molar-refractivity contribution in [3.63, 3.8) is 0 Å². The standard InChI is InChI=1S/C18H21NOS/c1-2-3-13-21-18(15-9-5-4-6-10-15)19-14-16-11-7-8-12-17(16)20/h4-12,14,18,20H,2-3,13H2,1H3/b19-14+. The summed E-state index contributed by atoms with van der Waals surface area (Å²) in [5, 5.41) is 9.89. The van der Waals surface area contributed by atoms with Gasteiger partial charge in [0.05, 0.1) is 0 Å². The molecule has 0 bridgehead atoms. The first-order chi connectivity index (χ1) is 10.3. The molecule has 2 aromatic carbocycles. The van der Waals surface area contributed by atoms with Crippen LogP contribution >= 0.6 is 11.8 Å². The summed E-state index contributed by atoms with van der Waals surface area (Å²) >= 11 is 1.84. The zero-order valence-corrected chi connectivity index (χ0v) is 13.1. The first-order valence-corrected chi connectivity index (χ1v) is 8.34. The molecule has 1 N–H and O–H groups in total. The highest BCUT2D eigenvalue weighted by Gasteiger charge is 2.09. The minimum Gasteiger partial charge on any atom is -0.507 e. The van der Waals surface area contributed by atoms with Gasteiger partial charge in [0.1, 0.15) is 11.1 Å². The molecular weight excluding hydrogens is 278 g/mol. The Bertz CT molecular complexity index is 568. The van der Waals surface area contributed by atoms with E-state index in [-0.39, 0.29) is 11.1 Å². The van der Waals surface area contributed by atoms with Crippen LogP contribution in [0, 0.1) is 0 Å². The van der Waals surface area contributed by atoms with Gasteiger partial charge in [-0.25, -0.2) is 0 Å². The zero-order chi connectivity index (χ0) is 14.9. The van der Waals surface area contributed by atoms with E-state index in [1.807, 2.05) is 48.2 Å². The third kappa shape index (κ3) is 4.94. The lowest BCUT2D eigenvalue weighted by molar-refractivity contribution is 0.474. The van der Waals surface area contributed by atoms with Crippen LogP contribution in [0.15, 0.2) is 59.6 Å². The van der Waals surface area contributed by atoms with Crippen LogP contribution in [0.25, 0.3) is 0 Å². The normalized spacial score (nSPS) is 12.6. The molecule has 110 valence electrons. The molecule has 0 spiro atoms. The Labute approximate surface area is 130 Å². The van der Waals surface area contributed by atoms with Crippen molar-refractivity contribution in [3.05, 3.63) is 65.7 Å². The molecule has 0 aliphatic carbocycles. The van der Waals surface area contributed by atoms with E-state index < -0.39 is 0 Å². The quantitative estimate of drug-likeness (QED) is 0.573. The van der Waals surface area contributed by atoms with E-state index in [0.717, 1.165) is 11.3 Å². The van der Waals surface area contributed by atoms with Crippen LogP contribution in [0.2, 0.25) is 0 Å². The summed E-state index contributed by atoms with van der Waals surface area (Å²) in [5.41, 5.74) is 1.96. The summed E-state index contributed by atoms with van der Waals surface area (Å²) in [6.07, 6.45) is 4.16. The molecule has 0 radical (unpaired) electrons. The number of unbranched alkanes of at least 4 members (excludes halogenated alkanes) is 1. The van der Waals surface area contributed by atoms with E-state index in [9.17, 15) is 5.11 Å². The second-order valence-corrected chi connectivity index (χ2v) is 6.01. The summed E-state index contributed by atoms with van der Waals surface area (Å²) in [4.78, 5) is 4.67. The SMILES string of the molecule is CCCCSC(/N=C/c1ccccc1O)c1ccccc1. The van der Waals surface area contributed by atoms with Gasteiger partial charge in [-0.15, -0.1) is 11.8 Å². The van der Waals surface area contributed by atoms with Gasteiger partial charge in [-0.05, 0) is 29.9 Å². The molecule has 0 saturated heterocycles. The monoisotopic (exact) mass is 299 g/mol. The van der Waals surface area contributed by atoms with Gasteiger partial charge < -0.3 is 5.11 Å². The second-order valence-electron chi connectivity index (χ2n) is 4.82. The Morgan fingerprint density at radius 3 is 2.52 bits per heavy atom. The Balaban J connectivity index is 2.14. The molecule has 2 rings (SSSR count). The lowest BCUT2D eigenvalue weighted by atomic mass is 10.2. The van der Waals surface area contributed by atoms with Gasteiger partial charge in [-0.1, -0.05) is 55.8 Å². The predicted octanol–water partition coefficient (Wildman–Crippen LogP) is 5.04. The largest absolute Gasteiger partial charge is 0.507 e. The maximum absolute atomic E-state index is 9.81. The van der Waals surface area contributed by atoms with E-state index in [0.29, 0.717) is 0 Å². The van der Waals surface area contributed by atoms with Crippen molar-refractivity contribution in [3.8, 4) is 5.75 Å². The summed E-state index contributed by atoms with van der Waals surface area (Å²) in [7, 11) is 0. The smallest absolute Gasteiger partial charge is 0.124 e. The molecular formula is C18H21NOS. The van der Waals surface area contributed by atoms with Gasteiger partial charge in [-0.3, -0.25) is 4.99 Å². The Kier molecular flexibility index (Phi) is 6.35. The van der Waals surface area contributed by atoms with Crippen LogP contribution in [0.3, 0.4) is 0 Å². The van der Waals surface area contributed by atoms with Crippen molar-refractivity contribution in [1.29, 1.82) is 0 Å². The molecule has 21 heavy (non-hydrogen) atoms. The van der Waals surface area contributed by atoms with Crippen molar-refractivity contribution in [2.24, 2.45) is 4.99 Å². The van der Waals surface area contributed by atoms with E-state index in [4.69, 9.17) is 0 Å². The van der Waals surface area contributed by atoms with Crippen molar-refractivity contribution in [2.75, 3.05) is 5.75 Å². The Morgan fingerprint density at radius 1 is 1.10 bits per heavy atom. The van der Waals surface area contributed by atoms with Crippen molar-refractivity contribution >= 4 is 18.0 Å². The average molecular weight is 299 g/mol. The van der Waals surface area contributed by atoms with Gasteiger partial charge in [-0.2, -0.15) is 0 Å². The molecule has 2 aromatic rings. The highest BCUT2D eigenvalue weighted by molar-refractivity contribution is 7.99. The van der Waals surface area contributed by atoms with Gasteiger partial charge in [0.15, 0.2) is 0 Å². The molecule has 2 nitrogen and oxygen atoms in total. The molecule has 0 aliphatic rings. The van der Waals surface area contributed by atoms with Crippen LogP contribution in [0.1, 0.15) is 36.3 Å². The topological polar surface area (TPSA) is 32.6 Å². The van der Waals surface area contributed by atoms with Gasteiger partial charge in [0.2, 0.25) is 0 Å². The number of aromatic hydroxyl groups is 1. The third-order valence-corrected chi connectivity index (χ3v) is 4.38. The van der Waals surface area contributed by atoms with E-state index in [1.54, 1.807) is 12.3 Å². The molecule has 1 unspecified atom stereocenters. The van der Waals surface area contributed by atoms with Crippen LogP contribution in [0.5, 0.6) is 5.75 Å². The van der Waals surface area contributed by atoms with Crippen molar-refractivity contribution in [1.82, 2.24) is 0 Å². The fraction of sp³-hybridized carbons (Fsp3) is 0.278. The number of hydrogen-bond acceptors (Lipinski definition) is 3. The van der Waals surface area contributed by atoms with E-state index >= 15 is 0 Å². The third-order valence-electron chi connectivity index (χ3n) is 3.14. The van der Waals surface area contributed by atoms with Gasteiger partial charge >= 0.3 is 0 Å². The minimum atomic E-state index is 0.0809. The first-order valence-electron chi connectivity index (χ1n) is 7.29. The summed E-state index contributed by atoms with van der Waals surface area (Å²) < 4.78 is 0. The maximum atomic E-state index is 9.81. The molecule has 0 saturated carbocycles. The number of rotatable bonds is 7. The number of nitrogens with zero attached hydrogens (tertiary/aromatic N) is 1. The molecule has 0 aliphatic heterocycles. The number of benzene rings is 2. The van der Waals surface area contributed by atoms with Crippen molar-refractivity contribution in [2.45, 2.75) is 25.1 Å². The van der Waals surface area contributed by atoms with E-state index in [1.165, 1.54) is 18.4 Å². The Hall–Kier alpha value is -1.74. The number of thioether (sulfide) groups is 1. The Morgan fingerprint density at radius 2 is 1.81 bits per heavy atom. The molecule has 0 heterocycles. The number of aliphatic imine (C=N–C) groups is 1. The highest BCUT2D eigenvalue weighted by Crippen LogP contribution is 2.31. The average Bonchev–Trinajstić information content (AvgIpc) is 2.53. The molecule has 3 heteroatoms. The first kappa shape index (κ1) is 15.6. The molecule has 0 aromatic heterocycles. The van der Waals surface area contributed by atoms with Gasteiger partial charge in [0, 0.05) is 11.8 Å². The van der Waals surface area contributed by atoms with Crippen LogP contribution in [0.4, 0.5) is 0 Å². The molecule has 0 amide bonds. The molecule has 0 fully saturated rings. The molecule has 1 atom stereocenters. The maximum Gasteiger partial charge on any atom is 0.124 e.